The van der Waals surface area contributed by atoms with Crippen molar-refractivity contribution >= 4 is 77.7 Å². The summed E-state index contributed by atoms with van der Waals surface area (Å²) in [5.41, 5.74) is 2.20. The fraction of sp³-hybridized carbons (Fsp3) is 0.138. The van der Waals surface area contributed by atoms with Gasteiger partial charge in [0.2, 0.25) is 5.88 Å². The zero-order valence-corrected chi connectivity index (χ0v) is 24.3. The first-order chi connectivity index (χ1) is 18.5. The molecule has 0 radical (unpaired) electrons. The van der Waals surface area contributed by atoms with Gasteiger partial charge in [0.15, 0.2) is 0 Å². The predicted molar refractivity (Wildman–Crippen MR) is 151 cm³/mol. The SMILES string of the molecule is O=C(O)c1ccc(Oc2ccc3cc(OCc4c(-c5c(Cl)cccc5Cl)noc4C4CC4)ccc3c2)nc1.[Ca+2].[H-].[H-]. The Hall–Kier alpha value is -2.81. The van der Waals surface area contributed by atoms with Crippen molar-refractivity contribution < 1.29 is 26.8 Å². The van der Waals surface area contributed by atoms with Crippen LogP contribution in [0.4, 0.5) is 0 Å². The van der Waals surface area contributed by atoms with E-state index in [9.17, 15) is 4.79 Å². The summed E-state index contributed by atoms with van der Waals surface area (Å²) in [7, 11) is 0. The summed E-state index contributed by atoms with van der Waals surface area (Å²) in [5.74, 6) is 1.70. The molecule has 0 spiro atoms. The first kappa shape index (κ1) is 27.7. The van der Waals surface area contributed by atoms with Crippen LogP contribution in [0.1, 0.15) is 43.3 Å². The molecule has 0 atom stereocenters. The van der Waals surface area contributed by atoms with Gasteiger partial charge in [-0.1, -0.05) is 46.6 Å². The summed E-state index contributed by atoms with van der Waals surface area (Å²) in [6.45, 7) is 0.261. The van der Waals surface area contributed by atoms with E-state index in [1.54, 1.807) is 18.2 Å². The Morgan fingerprint density at radius 2 is 1.69 bits per heavy atom. The summed E-state index contributed by atoms with van der Waals surface area (Å²) < 4.78 is 17.7. The second kappa shape index (κ2) is 11.7. The maximum Gasteiger partial charge on any atom is 2.00 e. The fourth-order valence-corrected chi connectivity index (χ4v) is 4.82. The van der Waals surface area contributed by atoms with E-state index in [1.807, 2.05) is 36.4 Å². The summed E-state index contributed by atoms with van der Waals surface area (Å²) in [6.07, 6.45) is 3.37. The third-order valence-corrected chi connectivity index (χ3v) is 6.97. The number of carboxylic acid groups (broad SMARTS) is 1. The minimum atomic E-state index is -1.04. The van der Waals surface area contributed by atoms with Crippen LogP contribution in [0.5, 0.6) is 17.4 Å². The number of aromatic nitrogens is 2. The van der Waals surface area contributed by atoms with Crippen LogP contribution in [-0.2, 0) is 6.61 Å². The van der Waals surface area contributed by atoms with Crippen molar-refractivity contribution in [1.29, 1.82) is 0 Å². The topological polar surface area (TPSA) is 94.7 Å². The number of hydrogen-bond acceptors (Lipinski definition) is 6. The number of fused-ring (bicyclic) bond motifs is 1. The Balaban J connectivity index is 0.00000154. The second-order valence-electron chi connectivity index (χ2n) is 9.00. The molecule has 1 saturated carbocycles. The van der Waals surface area contributed by atoms with Gasteiger partial charge < -0.3 is 22.0 Å². The average molecular weight is 589 g/mol. The van der Waals surface area contributed by atoms with Crippen molar-refractivity contribution in [3.63, 3.8) is 0 Å². The van der Waals surface area contributed by atoms with Crippen molar-refractivity contribution in [2.75, 3.05) is 0 Å². The molecule has 5 aromatic rings. The molecule has 10 heteroatoms. The third kappa shape index (κ3) is 6.03. The molecule has 0 amide bonds. The number of carboxylic acids is 1. The van der Waals surface area contributed by atoms with Gasteiger partial charge in [-0.05, 0) is 66.1 Å². The molecule has 194 valence electrons. The number of ether oxygens (including phenoxy) is 2. The van der Waals surface area contributed by atoms with Crippen molar-refractivity contribution in [1.82, 2.24) is 10.1 Å². The number of rotatable bonds is 8. The number of benzene rings is 3. The zero-order chi connectivity index (χ0) is 26.2. The molecular formula is C29H22CaCl2N2O5. The third-order valence-electron chi connectivity index (χ3n) is 6.34. The maximum atomic E-state index is 11.0. The molecule has 0 bridgehead atoms. The molecule has 3 aromatic carbocycles. The van der Waals surface area contributed by atoms with Crippen molar-refractivity contribution in [2.24, 2.45) is 0 Å². The second-order valence-corrected chi connectivity index (χ2v) is 9.81. The molecule has 0 unspecified atom stereocenters. The zero-order valence-electron chi connectivity index (χ0n) is 22.6. The predicted octanol–water partition coefficient (Wildman–Crippen LogP) is 7.99. The van der Waals surface area contributed by atoms with E-state index < -0.39 is 5.97 Å². The minimum Gasteiger partial charge on any atom is -1.00 e. The molecule has 1 aliphatic rings. The number of halogens is 2. The first-order valence-corrected chi connectivity index (χ1v) is 12.7. The van der Waals surface area contributed by atoms with E-state index >= 15 is 0 Å². The van der Waals surface area contributed by atoms with Crippen LogP contribution in [0, 0.1) is 0 Å². The van der Waals surface area contributed by atoms with E-state index in [4.69, 9.17) is 42.3 Å². The van der Waals surface area contributed by atoms with Crippen LogP contribution in [-0.4, -0.2) is 59.0 Å². The average Bonchev–Trinajstić information content (AvgIpc) is 3.68. The molecule has 2 aromatic heterocycles. The van der Waals surface area contributed by atoms with E-state index in [0.717, 1.165) is 34.9 Å². The molecule has 39 heavy (non-hydrogen) atoms. The smallest absolute Gasteiger partial charge is 1.00 e. The van der Waals surface area contributed by atoms with Gasteiger partial charge >= 0.3 is 43.7 Å². The Labute approximate surface area is 266 Å². The van der Waals surface area contributed by atoms with E-state index in [0.29, 0.717) is 44.6 Å². The van der Waals surface area contributed by atoms with Crippen molar-refractivity contribution in [2.45, 2.75) is 25.4 Å². The molecule has 1 fully saturated rings. The van der Waals surface area contributed by atoms with Crippen LogP contribution in [0.3, 0.4) is 0 Å². The largest absolute Gasteiger partial charge is 2.00 e. The van der Waals surface area contributed by atoms with Crippen LogP contribution >= 0.6 is 23.2 Å². The van der Waals surface area contributed by atoms with E-state index in [2.05, 4.69) is 10.1 Å². The maximum absolute atomic E-state index is 11.0. The number of carbonyl (C=O) groups is 1. The summed E-state index contributed by atoms with van der Waals surface area (Å²) in [5, 5.41) is 16.3. The summed E-state index contributed by atoms with van der Waals surface area (Å²) >= 11 is 12.9. The Morgan fingerprint density at radius 1 is 1.00 bits per heavy atom. The van der Waals surface area contributed by atoms with Gasteiger partial charge in [0.25, 0.3) is 0 Å². The molecule has 1 N–H and O–H groups in total. The molecular weight excluding hydrogens is 567 g/mol. The Kier molecular flexibility index (Phi) is 8.35. The molecule has 6 rings (SSSR count). The number of pyridine rings is 1. The van der Waals surface area contributed by atoms with E-state index in [-0.39, 0.29) is 52.8 Å². The van der Waals surface area contributed by atoms with Crippen LogP contribution in [0.2, 0.25) is 10.0 Å². The van der Waals surface area contributed by atoms with Gasteiger partial charge in [0.05, 0.1) is 21.2 Å². The number of aromatic carboxylic acids is 1. The summed E-state index contributed by atoms with van der Waals surface area (Å²) in [4.78, 5) is 15.1. The molecule has 0 aliphatic heterocycles. The molecule has 0 saturated heterocycles. The minimum absolute atomic E-state index is 0. The molecule has 7 nitrogen and oxygen atoms in total. The quantitative estimate of drug-likeness (QED) is 0.183. The molecule has 2 heterocycles. The van der Waals surface area contributed by atoms with E-state index in [1.165, 1.54) is 18.3 Å². The van der Waals surface area contributed by atoms with Gasteiger partial charge in [-0.15, -0.1) is 0 Å². The monoisotopic (exact) mass is 588 g/mol. The van der Waals surface area contributed by atoms with Gasteiger partial charge in [-0.25, -0.2) is 9.78 Å². The normalized spacial score (nSPS) is 12.7. The molecule has 1 aliphatic carbocycles. The summed E-state index contributed by atoms with van der Waals surface area (Å²) in [6, 6.07) is 19.7. The van der Waals surface area contributed by atoms with Gasteiger partial charge in [0.1, 0.15) is 29.6 Å². The standard InChI is InChI=1S/C29H20Cl2N2O5.Ca.2H/c30-23-2-1-3-24(31)26(23)27-22(28(38-33-27)16-4-5-16)15-36-20-9-6-18-13-21(10-7-17(18)12-20)37-25-11-8-19(14-32-25)29(34)35;;;/h1-3,6-14,16H,4-5,15H2,(H,34,35);;;/q;+2;2*-1. The van der Waals surface area contributed by atoms with Crippen molar-refractivity contribution in [3.05, 3.63) is 99.9 Å². The van der Waals surface area contributed by atoms with Crippen molar-refractivity contribution in [3.8, 4) is 28.6 Å². The van der Waals surface area contributed by atoms with Crippen LogP contribution in [0.25, 0.3) is 22.0 Å². The van der Waals surface area contributed by atoms with Crippen LogP contribution < -0.4 is 9.47 Å². The Morgan fingerprint density at radius 3 is 2.33 bits per heavy atom. The Bertz CT molecular complexity index is 1660. The van der Waals surface area contributed by atoms with Crippen LogP contribution in [0.15, 0.2) is 77.4 Å². The fourth-order valence-electron chi connectivity index (χ4n) is 4.25. The number of nitrogens with zero attached hydrogens (tertiary/aromatic N) is 2. The first-order valence-electron chi connectivity index (χ1n) is 11.9. The number of hydrogen-bond donors (Lipinski definition) is 1. The van der Waals surface area contributed by atoms with Gasteiger partial charge in [-0.3, -0.25) is 0 Å². The van der Waals surface area contributed by atoms with Gasteiger partial charge in [0, 0.05) is 23.7 Å². The van der Waals surface area contributed by atoms with Gasteiger partial charge in [-0.2, -0.15) is 0 Å².